The second-order valence-corrected chi connectivity index (χ2v) is 10.2. The SMILES string of the molecule is CC(C)(C)NCc1ccn(CCS(=O)(=O)C(C)(C)C)c1. The summed E-state index contributed by atoms with van der Waals surface area (Å²) in [7, 11) is -3.06. The highest BCUT2D eigenvalue weighted by molar-refractivity contribution is 7.92. The lowest BCUT2D eigenvalue weighted by molar-refractivity contribution is 0.424. The summed E-state index contributed by atoms with van der Waals surface area (Å²) >= 11 is 0. The zero-order valence-electron chi connectivity index (χ0n) is 13.5. The second-order valence-electron chi connectivity index (χ2n) is 7.29. The monoisotopic (exact) mass is 300 g/mol. The normalized spacial score (nSPS) is 13.7. The fraction of sp³-hybridized carbons (Fsp3) is 0.733. The molecule has 0 amide bonds. The Morgan fingerprint density at radius 1 is 1.15 bits per heavy atom. The molecule has 0 saturated carbocycles. The predicted molar refractivity (Wildman–Crippen MR) is 84.6 cm³/mol. The van der Waals surface area contributed by atoms with Gasteiger partial charge in [-0.3, -0.25) is 0 Å². The molecule has 0 aliphatic heterocycles. The first-order valence-corrected chi connectivity index (χ1v) is 8.68. The van der Waals surface area contributed by atoms with Crippen LogP contribution in [0.1, 0.15) is 47.1 Å². The van der Waals surface area contributed by atoms with Crippen molar-refractivity contribution in [2.45, 2.75) is 64.9 Å². The van der Waals surface area contributed by atoms with Gasteiger partial charge in [0.2, 0.25) is 0 Å². The van der Waals surface area contributed by atoms with Gasteiger partial charge in [0.25, 0.3) is 0 Å². The molecule has 0 spiro atoms. The standard InChI is InChI=1S/C15H28N2O2S/c1-14(2,3)16-11-13-7-8-17(12-13)9-10-20(18,19)15(4,5)6/h7-8,12,16H,9-11H2,1-6H3. The number of nitrogens with one attached hydrogen (secondary N) is 1. The first-order chi connectivity index (χ1) is 8.91. The lowest BCUT2D eigenvalue weighted by Gasteiger charge is -2.20. The largest absolute Gasteiger partial charge is 0.353 e. The Hall–Kier alpha value is -0.810. The van der Waals surface area contributed by atoms with Crippen molar-refractivity contribution in [1.82, 2.24) is 9.88 Å². The van der Waals surface area contributed by atoms with Gasteiger partial charge in [-0.05, 0) is 53.2 Å². The third kappa shape index (κ3) is 5.29. The first kappa shape index (κ1) is 17.2. The van der Waals surface area contributed by atoms with Crippen LogP contribution in [0.25, 0.3) is 0 Å². The molecule has 1 N–H and O–H groups in total. The van der Waals surface area contributed by atoms with Gasteiger partial charge in [-0.1, -0.05) is 0 Å². The van der Waals surface area contributed by atoms with Crippen molar-refractivity contribution in [1.29, 1.82) is 0 Å². The summed E-state index contributed by atoms with van der Waals surface area (Å²) in [5.74, 6) is 0.178. The fourth-order valence-corrected chi connectivity index (χ4v) is 2.70. The molecule has 4 nitrogen and oxygen atoms in total. The smallest absolute Gasteiger partial charge is 0.156 e. The van der Waals surface area contributed by atoms with E-state index in [1.165, 1.54) is 5.56 Å². The maximum atomic E-state index is 12.1. The van der Waals surface area contributed by atoms with E-state index in [0.717, 1.165) is 6.54 Å². The molecule has 116 valence electrons. The van der Waals surface area contributed by atoms with E-state index in [-0.39, 0.29) is 11.3 Å². The molecule has 0 atom stereocenters. The second kappa shape index (κ2) is 5.90. The molecule has 0 aromatic carbocycles. The topological polar surface area (TPSA) is 51.1 Å². The van der Waals surface area contributed by atoms with Crippen LogP contribution in [-0.2, 0) is 22.9 Å². The molecular weight excluding hydrogens is 272 g/mol. The van der Waals surface area contributed by atoms with Gasteiger partial charge in [0.1, 0.15) is 0 Å². The summed E-state index contributed by atoms with van der Waals surface area (Å²) < 4.78 is 25.4. The van der Waals surface area contributed by atoms with Crippen molar-refractivity contribution in [3.63, 3.8) is 0 Å². The highest BCUT2D eigenvalue weighted by Gasteiger charge is 2.28. The zero-order chi connectivity index (χ0) is 15.6. The average molecular weight is 300 g/mol. The van der Waals surface area contributed by atoms with E-state index in [2.05, 4.69) is 26.1 Å². The molecule has 1 aromatic heterocycles. The maximum absolute atomic E-state index is 12.1. The average Bonchev–Trinajstić information content (AvgIpc) is 2.69. The molecular formula is C15H28N2O2S. The van der Waals surface area contributed by atoms with Gasteiger partial charge in [0.15, 0.2) is 9.84 Å². The molecule has 1 aromatic rings. The number of nitrogens with zero attached hydrogens (tertiary/aromatic N) is 1. The number of aryl methyl sites for hydroxylation is 1. The summed E-state index contributed by atoms with van der Waals surface area (Å²) in [6, 6.07) is 2.03. The molecule has 0 bridgehead atoms. The van der Waals surface area contributed by atoms with Crippen molar-refractivity contribution in [2.24, 2.45) is 0 Å². The van der Waals surface area contributed by atoms with Crippen LogP contribution in [-0.4, -0.2) is 29.0 Å². The minimum atomic E-state index is -3.06. The van der Waals surface area contributed by atoms with Crippen molar-refractivity contribution in [3.05, 3.63) is 24.0 Å². The van der Waals surface area contributed by atoms with Crippen LogP contribution in [0, 0.1) is 0 Å². The van der Waals surface area contributed by atoms with Crippen LogP contribution >= 0.6 is 0 Å². The quantitative estimate of drug-likeness (QED) is 0.909. The molecule has 1 rings (SSSR count). The number of rotatable bonds is 5. The van der Waals surface area contributed by atoms with E-state index in [4.69, 9.17) is 0 Å². The van der Waals surface area contributed by atoms with E-state index in [9.17, 15) is 8.42 Å². The molecule has 20 heavy (non-hydrogen) atoms. The lowest BCUT2D eigenvalue weighted by atomic mass is 10.1. The molecule has 0 radical (unpaired) electrons. The van der Waals surface area contributed by atoms with Gasteiger partial charge in [-0.15, -0.1) is 0 Å². The molecule has 0 aliphatic rings. The van der Waals surface area contributed by atoms with Crippen LogP contribution in [0.2, 0.25) is 0 Å². The maximum Gasteiger partial charge on any atom is 0.156 e. The van der Waals surface area contributed by atoms with Gasteiger partial charge in [-0.2, -0.15) is 0 Å². The molecule has 0 fully saturated rings. The van der Waals surface area contributed by atoms with E-state index in [0.29, 0.717) is 6.54 Å². The van der Waals surface area contributed by atoms with Gasteiger partial charge >= 0.3 is 0 Å². The van der Waals surface area contributed by atoms with Gasteiger partial charge in [0, 0.05) is 31.0 Å². The van der Waals surface area contributed by atoms with Crippen LogP contribution in [0.4, 0.5) is 0 Å². The predicted octanol–water partition coefficient (Wildman–Crippen LogP) is 2.59. The van der Waals surface area contributed by atoms with Gasteiger partial charge < -0.3 is 9.88 Å². The number of hydrogen-bond donors (Lipinski definition) is 1. The van der Waals surface area contributed by atoms with Crippen LogP contribution in [0.5, 0.6) is 0 Å². The lowest BCUT2D eigenvalue weighted by Crippen LogP contribution is -2.34. The van der Waals surface area contributed by atoms with E-state index in [1.54, 1.807) is 20.8 Å². The van der Waals surface area contributed by atoms with Gasteiger partial charge in [-0.25, -0.2) is 8.42 Å². The van der Waals surface area contributed by atoms with E-state index < -0.39 is 14.6 Å². The van der Waals surface area contributed by atoms with E-state index in [1.807, 2.05) is 23.0 Å². The number of sulfone groups is 1. The Morgan fingerprint density at radius 2 is 1.75 bits per heavy atom. The first-order valence-electron chi connectivity index (χ1n) is 7.03. The molecule has 1 heterocycles. The van der Waals surface area contributed by atoms with Crippen LogP contribution < -0.4 is 5.32 Å². The Bertz CT molecular complexity index is 531. The van der Waals surface area contributed by atoms with Crippen LogP contribution in [0.15, 0.2) is 18.5 Å². The molecule has 0 aliphatic carbocycles. The summed E-state index contributed by atoms with van der Waals surface area (Å²) in [4.78, 5) is 0. The van der Waals surface area contributed by atoms with Crippen molar-refractivity contribution in [3.8, 4) is 0 Å². The van der Waals surface area contributed by atoms with Crippen molar-refractivity contribution < 1.29 is 8.42 Å². The Labute approximate surface area is 123 Å². The van der Waals surface area contributed by atoms with Gasteiger partial charge in [0.05, 0.1) is 10.5 Å². The van der Waals surface area contributed by atoms with E-state index >= 15 is 0 Å². The Kier molecular flexibility index (Phi) is 5.08. The molecule has 5 heteroatoms. The molecule has 0 unspecified atom stereocenters. The highest BCUT2D eigenvalue weighted by Crippen LogP contribution is 2.16. The highest BCUT2D eigenvalue weighted by atomic mass is 32.2. The minimum Gasteiger partial charge on any atom is -0.353 e. The molecule has 0 saturated heterocycles. The van der Waals surface area contributed by atoms with Crippen molar-refractivity contribution >= 4 is 9.84 Å². The van der Waals surface area contributed by atoms with Crippen molar-refractivity contribution in [2.75, 3.05) is 5.75 Å². The number of hydrogen-bond acceptors (Lipinski definition) is 3. The third-order valence-electron chi connectivity index (χ3n) is 3.19. The summed E-state index contributed by atoms with van der Waals surface area (Å²) in [5.41, 5.74) is 1.26. The summed E-state index contributed by atoms with van der Waals surface area (Å²) in [6.45, 7) is 12.9. The van der Waals surface area contributed by atoms with Crippen LogP contribution in [0.3, 0.4) is 0 Å². The zero-order valence-corrected chi connectivity index (χ0v) is 14.3. The fourth-order valence-electron chi connectivity index (χ4n) is 1.63. The summed E-state index contributed by atoms with van der Waals surface area (Å²) in [5, 5.41) is 3.42. The third-order valence-corrected chi connectivity index (χ3v) is 5.77. The minimum absolute atomic E-state index is 0.0810. The summed E-state index contributed by atoms with van der Waals surface area (Å²) in [6.07, 6.45) is 3.95. The Balaban J connectivity index is 2.58. The number of aromatic nitrogens is 1. The Morgan fingerprint density at radius 3 is 2.25 bits per heavy atom.